The fraction of sp³-hybridized carbons (Fsp3) is 0.636. The van der Waals surface area contributed by atoms with Crippen molar-refractivity contribution in [3.63, 3.8) is 0 Å². The molecule has 1 aromatic carbocycles. The van der Waals surface area contributed by atoms with E-state index >= 15 is 0 Å². The van der Waals surface area contributed by atoms with Crippen LogP contribution in [0.25, 0.3) is 0 Å². The average Bonchev–Trinajstić information content (AvgIpc) is 2.67. The van der Waals surface area contributed by atoms with Gasteiger partial charge in [-0.2, -0.15) is 0 Å². The summed E-state index contributed by atoms with van der Waals surface area (Å²) in [4.78, 5) is 21.6. The molecule has 8 heteroatoms. The third kappa shape index (κ3) is 6.99. The minimum absolute atomic E-state index is 0. The molecule has 1 heterocycles. The summed E-state index contributed by atoms with van der Waals surface area (Å²) in [6, 6.07) is 7.96. The third-order valence-corrected chi connectivity index (χ3v) is 6.24. The number of carbonyl (C=O) groups is 1. The van der Waals surface area contributed by atoms with Gasteiger partial charge in [0, 0.05) is 50.2 Å². The first kappa shape index (κ1) is 25.2. The molecule has 0 radical (unpaired) electrons. The first-order valence-corrected chi connectivity index (χ1v) is 11.3. The van der Waals surface area contributed by atoms with Gasteiger partial charge in [-0.1, -0.05) is 36.2 Å². The Labute approximate surface area is 202 Å². The Morgan fingerprint density at radius 1 is 1.23 bits per heavy atom. The van der Waals surface area contributed by atoms with Crippen molar-refractivity contribution in [2.45, 2.75) is 39.2 Å². The maximum Gasteiger partial charge on any atom is 0.225 e. The normalized spacial score (nSPS) is 18.9. The van der Waals surface area contributed by atoms with Crippen molar-refractivity contribution >= 4 is 47.4 Å². The van der Waals surface area contributed by atoms with E-state index in [0.717, 1.165) is 75.2 Å². The number of hydrogen-bond acceptors (Lipinski definition) is 3. The van der Waals surface area contributed by atoms with E-state index in [4.69, 9.17) is 16.6 Å². The molecule has 1 amide bonds. The van der Waals surface area contributed by atoms with Crippen molar-refractivity contribution in [3.8, 4) is 0 Å². The zero-order valence-electron chi connectivity index (χ0n) is 18.1. The Kier molecular flexibility index (Phi) is 10.7. The number of piperazine rings is 1. The van der Waals surface area contributed by atoms with E-state index in [1.54, 1.807) is 0 Å². The first-order valence-electron chi connectivity index (χ1n) is 10.9. The predicted octanol–water partition coefficient (Wildman–Crippen LogP) is 3.52. The molecule has 2 fully saturated rings. The maximum atomic E-state index is 12.4. The second kappa shape index (κ2) is 12.7. The van der Waals surface area contributed by atoms with E-state index in [1.807, 2.05) is 24.3 Å². The van der Waals surface area contributed by atoms with Crippen LogP contribution in [0, 0.1) is 5.92 Å². The number of halogens is 2. The lowest BCUT2D eigenvalue weighted by Gasteiger charge is -2.38. The van der Waals surface area contributed by atoms with Gasteiger partial charge in [0.2, 0.25) is 5.91 Å². The van der Waals surface area contributed by atoms with E-state index < -0.39 is 0 Å². The Morgan fingerprint density at radius 3 is 2.53 bits per heavy atom. The zero-order chi connectivity index (χ0) is 20.6. The van der Waals surface area contributed by atoms with E-state index in [-0.39, 0.29) is 30.0 Å². The molecule has 0 aromatic heterocycles. The number of guanidine groups is 1. The highest BCUT2D eigenvalue weighted by atomic mass is 127. The summed E-state index contributed by atoms with van der Waals surface area (Å²) in [7, 11) is 0. The van der Waals surface area contributed by atoms with Gasteiger partial charge in [0.05, 0.1) is 12.6 Å². The lowest BCUT2D eigenvalue weighted by atomic mass is 9.84. The van der Waals surface area contributed by atoms with Crippen molar-refractivity contribution in [1.82, 2.24) is 20.4 Å². The van der Waals surface area contributed by atoms with Crippen LogP contribution in [-0.4, -0.2) is 67.5 Å². The van der Waals surface area contributed by atoms with Gasteiger partial charge in [-0.15, -0.1) is 24.0 Å². The van der Waals surface area contributed by atoms with Gasteiger partial charge in [-0.05, 0) is 38.3 Å². The fourth-order valence-corrected chi connectivity index (χ4v) is 4.14. The van der Waals surface area contributed by atoms with Gasteiger partial charge >= 0.3 is 0 Å². The molecular formula is C22H35ClIN5O. The summed E-state index contributed by atoms with van der Waals surface area (Å²) in [5.74, 6) is 1.49. The second-order valence-electron chi connectivity index (χ2n) is 7.94. The molecular weight excluding hydrogens is 513 g/mol. The monoisotopic (exact) mass is 547 g/mol. The SMILES string of the molecule is CCNC(=NCCN1CCN(C(=O)C2CCC2)CC1)NC(C)c1ccccc1Cl.I. The molecule has 2 N–H and O–H groups in total. The number of benzene rings is 1. The van der Waals surface area contributed by atoms with Crippen LogP contribution in [0.1, 0.15) is 44.7 Å². The molecule has 1 saturated carbocycles. The number of nitrogens with one attached hydrogen (secondary N) is 2. The number of hydrogen-bond donors (Lipinski definition) is 2. The van der Waals surface area contributed by atoms with Gasteiger partial charge in [0.1, 0.15) is 0 Å². The van der Waals surface area contributed by atoms with Crippen LogP contribution in [0.3, 0.4) is 0 Å². The van der Waals surface area contributed by atoms with Crippen molar-refractivity contribution in [2.24, 2.45) is 10.9 Å². The minimum Gasteiger partial charge on any atom is -0.357 e. The highest BCUT2D eigenvalue weighted by Gasteiger charge is 2.30. The quantitative estimate of drug-likeness (QED) is 0.312. The molecule has 6 nitrogen and oxygen atoms in total. The summed E-state index contributed by atoms with van der Waals surface area (Å²) < 4.78 is 0. The summed E-state index contributed by atoms with van der Waals surface area (Å²) in [5.41, 5.74) is 1.06. The topological polar surface area (TPSA) is 60.0 Å². The van der Waals surface area contributed by atoms with E-state index in [0.29, 0.717) is 11.8 Å². The summed E-state index contributed by atoms with van der Waals surface area (Å²) in [6.07, 6.45) is 3.38. The Balaban J connectivity index is 0.00000320. The molecule has 0 bridgehead atoms. The van der Waals surface area contributed by atoms with Crippen LogP contribution in [-0.2, 0) is 4.79 Å². The highest BCUT2D eigenvalue weighted by molar-refractivity contribution is 14.0. The molecule has 1 aliphatic heterocycles. The molecule has 1 atom stereocenters. The molecule has 168 valence electrons. The fourth-order valence-electron chi connectivity index (χ4n) is 3.84. The molecule has 1 aliphatic carbocycles. The largest absolute Gasteiger partial charge is 0.357 e. The van der Waals surface area contributed by atoms with Gasteiger partial charge in [-0.25, -0.2) is 0 Å². The van der Waals surface area contributed by atoms with Crippen molar-refractivity contribution in [3.05, 3.63) is 34.9 Å². The highest BCUT2D eigenvalue weighted by Crippen LogP contribution is 2.28. The number of amides is 1. The first-order chi connectivity index (χ1) is 14.1. The summed E-state index contributed by atoms with van der Waals surface area (Å²) in [5, 5.41) is 7.52. The van der Waals surface area contributed by atoms with E-state index in [9.17, 15) is 4.79 Å². The molecule has 3 rings (SSSR count). The number of nitrogens with zero attached hydrogens (tertiary/aromatic N) is 3. The van der Waals surface area contributed by atoms with Crippen LogP contribution in [0.15, 0.2) is 29.3 Å². The standard InChI is InChI=1S/C22H34ClN5O.HI/c1-3-24-22(26-17(2)19-9-4-5-10-20(19)23)25-11-12-27-13-15-28(16-14-27)21(29)18-7-6-8-18;/h4-5,9-10,17-18H,3,6-8,11-16H2,1-2H3,(H2,24,25,26);1H. The Bertz CT molecular complexity index is 705. The van der Waals surface area contributed by atoms with Crippen molar-refractivity contribution < 1.29 is 4.79 Å². The Hall–Kier alpha value is -1.06. The Morgan fingerprint density at radius 2 is 1.93 bits per heavy atom. The molecule has 0 spiro atoms. The van der Waals surface area contributed by atoms with Crippen molar-refractivity contribution in [1.29, 1.82) is 0 Å². The van der Waals surface area contributed by atoms with Gasteiger partial charge in [0.25, 0.3) is 0 Å². The minimum atomic E-state index is 0. The van der Waals surface area contributed by atoms with E-state index in [1.165, 1.54) is 6.42 Å². The average molecular weight is 548 g/mol. The number of rotatable bonds is 7. The van der Waals surface area contributed by atoms with Crippen LogP contribution in [0.4, 0.5) is 0 Å². The zero-order valence-corrected chi connectivity index (χ0v) is 21.2. The van der Waals surface area contributed by atoms with Crippen LogP contribution < -0.4 is 10.6 Å². The predicted molar refractivity (Wildman–Crippen MR) is 135 cm³/mol. The molecule has 1 unspecified atom stereocenters. The molecule has 1 aromatic rings. The lowest BCUT2D eigenvalue weighted by Crippen LogP contribution is -2.51. The number of aliphatic imine (C=N–C) groups is 1. The van der Waals surface area contributed by atoms with Crippen LogP contribution in [0.5, 0.6) is 0 Å². The van der Waals surface area contributed by atoms with Gasteiger partial charge < -0.3 is 15.5 Å². The summed E-state index contributed by atoms with van der Waals surface area (Å²) in [6.45, 7) is 10.2. The molecule has 2 aliphatic rings. The van der Waals surface area contributed by atoms with E-state index in [2.05, 4.69) is 34.3 Å². The van der Waals surface area contributed by atoms with Crippen molar-refractivity contribution in [2.75, 3.05) is 45.8 Å². The summed E-state index contributed by atoms with van der Waals surface area (Å²) >= 11 is 6.32. The molecule has 1 saturated heterocycles. The second-order valence-corrected chi connectivity index (χ2v) is 8.35. The maximum absolute atomic E-state index is 12.4. The van der Waals surface area contributed by atoms with Crippen LogP contribution in [0.2, 0.25) is 5.02 Å². The van der Waals surface area contributed by atoms with Gasteiger partial charge in [-0.3, -0.25) is 14.7 Å². The smallest absolute Gasteiger partial charge is 0.225 e. The third-order valence-electron chi connectivity index (χ3n) is 5.89. The van der Waals surface area contributed by atoms with Crippen LogP contribution >= 0.6 is 35.6 Å². The lowest BCUT2D eigenvalue weighted by molar-refractivity contribution is -0.139. The number of carbonyl (C=O) groups excluding carboxylic acids is 1. The molecule has 30 heavy (non-hydrogen) atoms. The van der Waals surface area contributed by atoms with Gasteiger partial charge in [0.15, 0.2) is 5.96 Å².